The van der Waals surface area contributed by atoms with Crippen LogP contribution in [0.3, 0.4) is 0 Å². The first kappa shape index (κ1) is 26.6. The van der Waals surface area contributed by atoms with Gasteiger partial charge in [0.2, 0.25) is 5.91 Å². The molecule has 0 bridgehead atoms. The van der Waals surface area contributed by atoms with E-state index in [2.05, 4.69) is 0 Å². The Morgan fingerprint density at radius 3 is 2.49 bits per heavy atom. The molecule has 6 nitrogen and oxygen atoms in total. The second-order valence-electron chi connectivity index (χ2n) is 9.72. The summed E-state index contributed by atoms with van der Waals surface area (Å²) < 4.78 is 11.5. The van der Waals surface area contributed by atoms with Gasteiger partial charge in [0.05, 0.1) is 13.7 Å². The van der Waals surface area contributed by atoms with Crippen LogP contribution in [-0.2, 0) is 11.3 Å². The fraction of sp³-hybridized carbons (Fsp3) is 0.333. The lowest BCUT2D eigenvalue weighted by molar-refractivity contribution is -0.134. The van der Waals surface area contributed by atoms with Gasteiger partial charge in [-0.15, -0.1) is 0 Å². The first-order valence-corrected chi connectivity index (χ1v) is 12.8. The van der Waals surface area contributed by atoms with Crippen molar-refractivity contribution >= 4 is 23.4 Å². The van der Waals surface area contributed by atoms with Crippen LogP contribution in [0.25, 0.3) is 0 Å². The number of halogens is 1. The van der Waals surface area contributed by atoms with Crippen molar-refractivity contribution in [1.82, 2.24) is 9.80 Å². The van der Waals surface area contributed by atoms with Crippen molar-refractivity contribution in [2.45, 2.75) is 25.8 Å². The Kier molecular flexibility index (Phi) is 8.72. The fourth-order valence-corrected chi connectivity index (χ4v) is 4.93. The molecule has 1 atom stereocenters. The van der Waals surface area contributed by atoms with E-state index in [-0.39, 0.29) is 18.2 Å². The summed E-state index contributed by atoms with van der Waals surface area (Å²) in [7, 11) is 3.41. The van der Waals surface area contributed by atoms with E-state index in [1.807, 2.05) is 66.5 Å². The summed E-state index contributed by atoms with van der Waals surface area (Å²) in [6.45, 7) is 1.91. The largest absolute Gasteiger partial charge is 0.497 e. The molecule has 0 spiro atoms. The van der Waals surface area contributed by atoms with Gasteiger partial charge in [-0.1, -0.05) is 48.0 Å². The average molecular weight is 521 g/mol. The highest BCUT2D eigenvalue weighted by molar-refractivity contribution is 6.30. The van der Waals surface area contributed by atoms with E-state index in [4.69, 9.17) is 21.1 Å². The predicted octanol–water partition coefficient (Wildman–Crippen LogP) is 5.70. The van der Waals surface area contributed by atoms with Crippen LogP contribution in [0.2, 0.25) is 5.02 Å². The monoisotopic (exact) mass is 520 g/mol. The molecule has 1 aliphatic rings. The van der Waals surface area contributed by atoms with E-state index >= 15 is 0 Å². The summed E-state index contributed by atoms with van der Waals surface area (Å²) in [5, 5.41) is 0.632. The third kappa shape index (κ3) is 7.04. The molecule has 0 radical (unpaired) electrons. The molecular formula is C30H33ClN2O4. The highest BCUT2D eigenvalue weighted by Crippen LogP contribution is 2.36. The summed E-state index contributed by atoms with van der Waals surface area (Å²) >= 11 is 6.03. The summed E-state index contributed by atoms with van der Waals surface area (Å²) in [6, 6.07) is 24.3. The van der Waals surface area contributed by atoms with Gasteiger partial charge in [-0.25, -0.2) is 0 Å². The number of carbonyl (C=O) groups is 2. The highest BCUT2D eigenvalue weighted by Gasteiger charge is 2.40. The van der Waals surface area contributed by atoms with E-state index < -0.39 is 5.41 Å². The maximum absolute atomic E-state index is 13.4. The standard InChI is InChI=1S/C30H33ClN2O4/c1-32(20-23-8-4-3-5-9-23)28(34)19-30(22-37-26-14-12-25(31)13-15-26)16-7-17-33(21-30)29(35)24-10-6-11-27(18-24)36-2/h3-6,8-15,18H,7,16-17,19-22H2,1-2H3. The Hall–Kier alpha value is -3.51. The van der Waals surface area contributed by atoms with Gasteiger partial charge in [0.1, 0.15) is 11.5 Å². The number of hydrogen-bond donors (Lipinski definition) is 0. The third-order valence-electron chi connectivity index (χ3n) is 6.84. The van der Waals surface area contributed by atoms with Gasteiger partial charge in [0, 0.05) is 49.1 Å². The van der Waals surface area contributed by atoms with Crippen LogP contribution in [0.1, 0.15) is 35.2 Å². The normalized spacial score (nSPS) is 17.2. The Morgan fingerprint density at radius 2 is 1.76 bits per heavy atom. The molecule has 37 heavy (non-hydrogen) atoms. The summed E-state index contributed by atoms with van der Waals surface area (Å²) in [6.07, 6.45) is 1.86. The van der Waals surface area contributed by atoms with Crippen molar-refractivity contribution in [2.24, 2.45) is 5.41 Å². The van der Waals surface area contributed by atoms with Crippen molar-refractivity contribution in [3.63, 3.8) is 0 Å². The van der Waals surface area contributed by atoms with Crippen LogP contribution in [0.4, 0.5) is 0 Å². The quantitative estimate of drug-likeness (QED) is 0.363. The molecule has 0 saturated carbocycles. The number of nitrogens with zero attached hydrogens (tertiary/aromatic N) is 2. The van der Waals surface area contributed by atoms with E-state index in [9.17, 15) is 9.59 Å². The van der Waals surface area contributed by atoms with Gasteiger partial charge in [0.15, 0.2) is 0 Å². The zero-order chi connectivity index (χ0) is 26.3. The van der Waals surface area contributed by atoms with Crippen LogP contribution in [0.5, 0.6) is 11.5 Å². The summed E-state index contributed by atoms with van der Waals surface area (Å²) in [5.41, 5.74) is 1.12. The van der Waals surface area contributed by atoms with Gasteiger partial charge in [-0.2, -0.15) is 0 Å². The Bertz CT molecular complexity index is 1200. The molecule has 3 aromatic rings. The van der Waals surface area contributed by atoms with E-state index in [0.717, 1.165) is 18.4 Å². The number of hydrogen-bond acceptors (Lipinski definition) is 4. The molecule has 0 aliphatic carbocycles. The predicted molar refractivity (Wildman–Crippen MR) is 145 cm³/mol. The van der Waals surface area contributed by atoms with Crippen LogP contribution in [-0.4, -0.2) is 55.5 Å². The number of ether oxygens (including phenoxy) is 2. The van der Waals surface area contributed by atoms with Gasteiger partial charge in [-0.05, 0) is 60.9 Å². The van der Waals surface area contributed by atoms with E-state index in [0.29, 0.717) is 48.3 Å². The topological polar surface area (TPSA) is 59.1 Å². The first-order valence-electron chi connectivity index (χ1n) is 12.5. The summed E-state index contributed by atoms with van der Waals surface area (Å²) in [4.78, 5) is 30.5. The Labute approximate surface area is 223 Å². The molecule has 3 aromatic carbocycles. The number of carbonyl (C=O) groups excluding carboxylic acids is 2. The molecule has 194 valence electrons. The van der Waals surface area contributed by atoms with Gasteiger partial charge < -0.3 is 19.3 Å². The van der Waals surface area contributed by atoms with E-state index in [1.165, 1.54) is 0 Å². The smallest absolute Gasteiger partial charge is 0.254 e. The number of rotatable bonds is 9. The molecule has 2 amide bonds. The molecule has 0 aromatic heterocycles. The first-order chi connectivity index (χ1) is 17.9. The Morgan fingerprint density at radius 1 is 1.00 bits per heavy atom. The molecule has 4 rings (SSSR count). The van der Waals surface area contributed by atoms with Crippen LogP contribution in [0.15, 0.2) is 78.9 Å². The molecule has 1 fully saturated rings. The molecule has 7 heteroatoms. The van der Waals surface area contributed by atoms with Crippen molar-refractivity contribution in [3.05, 3.63) is 95.0 Å². The molecule has 1 heterocycles. The van der Waals surface area contributed by atoms with Crippen molar-refractivity contribution in [1.29, 1.82) is 0 Å². The molecule has 0 N–H and O–H groups in total. The lowest BCUT2D eigenvalue weighted by atomic mass is 9.77. The summed E-state index contributed by atoms with van der Waals surface area (Å²) in [5.74, 6) is 1.28. The number of amides is 2. The molecule has 1 unspecified atom stereocenters. The zero-order valence-electron chi connectivity index (χ0n) is 21.4. The van der Waals surface area contributed by atoms with Crippen LogP contribution < -0.4 is 9.47 Å². The van der Waals surface area contributed by atoms with Crippen molar-refractivity contribution < 1.29 is 19.1 Å². The zero-order valence-corrected chi connectivity index (χ0v) is 22.1. The number of piperidine rings is 1. The van der Waals surface area contributed by atoms with Gasteiger partial charge in [-0.3, -0.25) is 9.59 Å². The number of methoxy groups -OCH3 is 1. The maximum Gasteiger partial charge on any atom is 0.254 e. The van der Waals surface area contributed by atoms with Gasteiger partial charge in [0.25, 0.3) is 5.91 Å². The minimum Gasteiger partial charge on any atom is -0.497 e. The van der Waals surface area contributed by atoms with Crippen LogP contribution in [0, 0.1) is 5.41 Å². The highest BCUT2D eigenvalue weighted by atomic mass is 35.5. The second-order valence-corrected chi connectivity index (χ2v) is 10.2. The Balaban J connectivity index is 1.53. The fourth-order valence-electron chi connectivity index (χ4n) is 4.80. The SMILES string of the molecule is COc1cccc(C(=O)N2CCCC(COc3ccc(Cl)cc3)(CC(=O)N(C)Cc3ccccc3)C2)c1. The van der Waals surface area contributed by atoms with Crippen molar-refractivity contribution in [3.8, 4) is 11.5 Å². The maximum atomic E-state index is 13.4. The lowest BCUT2D eigenvalue weighted by Crippen LogP contribution is -2.50. The van der Waals surface area contributed by atoms with Gasteiger partial charge >= 0.3 is 0 Å². The molecule has 1 saturated heterocycles. The minimum atomic E-state index is -0.519. The number of benzene rings is 3. The second kappa shape index (κ2) is 12.2. The third-order valence-corrected chi connectivity index (χ3v) is 7.09. The minimum absolute atomic E-state index is 0.0271. The van der Waals surface area contributed by atoms with Crippen LogP contribution >= 0.6 is 11.6 Å². The number of likely N-dealkylation sites (tertiary alicyclic amines) is 1. The lowest BCUT2D eigenvalue weighted by Gasteiger charge is -2.43. The average Bonchev–Trinajstić information content (AvgIpc) is 2.93. The molecule has 1 aliphatic heterocycles. The van der Waals surface area contributed by atoms with Crippen molar-refractivity contribution in [2.75, 3.05) is 33.9 Å². The van der Waals surface area contributed by atoms with E-state index in [1.54, 1.807) is 36.3 Å². The molecular weight excluding hydrogens is 488 g/mol.